The third kappa shape index (κ3) is 6.45. The summed E-state index contributed by atoms with van der Waals surface area (Å²) in [4.78, 5) is 38.2. The Hall–Kier alpha value is -3.93. The van der Waals surface area contributed by atoms with Gasteiger partial charge in [-0.15, -0.1) is 0 Å². The van der Waals surface area contributed by atoms with E-state index in [0.29, 0.717) is 30.8 Å². The first kappa shape index (κ1) is 26.1. The number of amides is 2. The van der Waals surface area contributed by atoms with Crippen molar-refractivity contribution < 1.29 is 19.1 Å². The van der Waals surface area contributed by atoms with Crippen LogP contribution in [0, 0.1) is 0 Å². The van der Waals surface area contributed by atoms with E-state index < -0.39 is 0 Å². The largest absolute Gasteiger partial charge is 0.448 e. The number of nitrogens with one attached hydrogen (secondary N) is 1. The molecule has 0 heterocycles. The zero-order valence-electron chi connectivity index (χ0n) is 21.3. The number of aldehydes is 1. The van der Waals surface area contributed by atoms with Gasteiger partial charge in [0.1, 0.15) is 12.9 Å². The first-order chi connectivity index (χ1) is 18.1. The fourth-order valence-corrected chi connectivity index (χ4v) is 4.83. The van der Waals surface area contributed by atoms with Crippen molar-refractivity contribution in [3.05, 3.63) is 95.1 Å². The fraction of sp³-hybridized carbons (Fsp3) is 0.323. The van der Waals surface area contributed by atoms with E-state index >= 15 is 0 Å². The van der Waals surface area contributed by atoms with Crippen LogP contribution < -0.4 is 5.32 Å². The van der Waals surface area contributed by atoms with Crippen molar-refractivity contribution in [2.24, 2.45) is 0 Å². The number of carbonyl (C=O) groups excluding carboxylic acids is 3. The zero-order chi connectivity index (χ0) is 26.0. The Bertz CT molecular complexity index is 1180. The van der Waals surface area contributed by atoms with E-state index in [1.165, 1.54) is 22.3 Å². The van der Waals surface area contributed by atoms with Crippen LogP contribution in [0.5, 0.6) is 0 Å². The standard InChI is InChI=1S/C31H34N2O4/c1-2-3-4-9-19-33(20-18-32-30(35)24-16-14-23(21-34)15-17-24)31(36)37-22-29-27-12-7-5-10-25(27)26-11-6-8-13-28(26)29/h5-8,10-17,21,29H,2-4,9,18-20,22H2,1H3,(H,32,35). The highest BCUT2D eigenvalue weighted by atomic mass is 16.6. The number of rotatable bonds is 12. The van der Waals surface area contributed by atoms with E-state index in [1.807, 2.05) is 24.3 Å². The van der Waals surface area contributed by atoms with Crippen LogP contribution in [0.25, 0.3) is 11.1 Å². The summed E-state index contributed by atoms with van der Waals surface area (Å²) in [6, 6.07) is 23.0. The van der Waals surface area contributed by atoms with Crippen LogP contribution in [0.1, 0.15) is 70.4 Å². The highest BCUT2D eigenvalue weighted by Crippen LogP contribution is 2.44. The molecule has 192 valence electrons. The van der Waals surface area contributed by atoms with Gasteiger partial charge in [-0.2, -0.15) is 0 Å². The summed E-state index contributed by atoms with van der Waals surface area (Å²) in [5.74, 6) is -0.233. The molecule has 4 rings (SSSR count). The van der Waals surface area contributed by atoms with Gasteiger partial charge in [0, 0.05) is 36.7 Å². The monoisotopic (exact) mass is 498 g/mol. The molecular formula is C31H34N2O4. The van der Waals surface area contributed by atoms with Crippen LogP contribution in [-0.2, 0) is 4.74 Å². The van der Waals surface area contributed by atoms with E-state index in [1.54, 1.807) is 29.2 Å². The molecule has 3 aromatic rings. The zero-order valence-corrected chi connectivity index (χ0v) is 21.3. The normalized spacial score (nSPS) is 11.9. The van der Waals surface area contributed by atoms with E-state index in [4.69, 9.17) is 4.74 Å². The lowest BCUT2D eigenvalue weighted by molar-refractivity contribution is 0.0907. The summed E-state index contributed by atoms with van der Waals surface area (Å²) in [5.41, 5.74) is 5.74. The molecule has 0 spiro atoms. The Morgan fingerprint density at radius 1 is 0.865 bits per heavy atom. The van der Waals surface area contributed by atoms with Crippen molar-refractivity contribution >= 4 is 18.3 Å². The van der Waals surface area contributed by atoms with Crippen LogP contribution >= 0.6 is 0 Å². The van der Waals surface area contributed by atoms with Gasteiger partial charge in [-0.05, 0) is 40.8 Å². The van der Waals surface area contributed by atoms with Gasteiger partial charge in [0.2, 0.25) is 0 Å². The molecule has 6 nitrogen and oxygen atoms in total. The molecule has 0 aromatic heterocycles. The second-order valence-corrected chi connectivity index (χ2v) is 9.35. The van der Waals surface area contributed by atoms with Crippen molar-refractivity contribution in [1.82, 2.24) is 10.2 Å². The number of hydrogen-bond donors (Lipinski definition) is 1. The number of ether oxygens (including phenoxy) is 1. The summed E-state index contributed by atoms with van der Waals surface area (Å²) < 4.78 is 5.87. The molecule has 1 aliphatic rings. The van der Waals surface area contributed by atoms with Crippen molar-refractivity contribution in [3.63, 3.8) is 0 Å². The number of unbranched alkanes of at least 4 members (excludes halogenated alkanes) is 3. The summed E-state index contributed by atoms with van der Waals surface area (Å²) in [5, 5.41) is 2.87. The van der Waals surface area contributed by atoms with Crippen molar-refractivity contribution in [3.8, 4) is 11.1 Å². The molecule has 0 atom stereocenters. The molecule has 0 saturated carbocycles. The third-order valence-electron chi connectivity index (χ3n) is 6.85. The van der Waals surface area contributed by atoms with Gasteiger partial charge >= 0.3 is 6.09 Å². The predicted octanol–water partition coefficient (Wildman–Crippen LogP) is 6.06. The minimum absolute atomic E-state index is 0.00679. The minimum Gasteiger partial charge on any atom is -0.448 e. The second kappa shape index (κ2) is 12.9. The Balaban J connectivity index is 1.36. The lowest BCUT2D eigenvalue weighted by atomic mass is 9.98. The van der Waals surface area contributed by atoms with Crippen LogP contribution in [-0.4, -0.2) is 49.4 Å². The van der Waals surface area contributed by atoms with Crippen molar-refractivity contribution in [2.45, 2.75) is 38.5 Å². The van der Waals surface area contributed by atoms with Gasteiger partial charge < -0.3 is 15.0 Å². The van der Waals surface area contributed by atoms with E-state index in [-0.39, 0.29) is 24.5 Å². The Morgan fingerprint density at radius 2 is 1.51 bits per heavy atom. The van der Waals surface area contributed by atoms with Crippen LogP contribution in [0.4, 0.5) is 4.79 Å². The van der Waals surface area contributed by atoms with E-state index in [2.05, 4.69) is 36.5 Å². The van der Waals surface area contributed by atoms with Gasteiger partial charge in [-0.25, -0.2) is 4.79 Å². The molecule has 0 bridgehead atoms. The molecular weight excluding hydrogens is 464 g/mol. The Labute approximate surface area is 218 Å². The smallest absolute Gasteiger partial charge is 0.409 e. The number of fused-ring (bicyclic) bond motifs is 3. The van der Waals surface area contributed by atoms with Crippen molar-refractivity contribution in [2.75, 3.05) is 26.2 Å². The molecule has 1 N–H and O–H groups in total. The number of carbonyl (C=O) groups is 3. The summed E-state index contributed by atoms with van der Waals surface area (Å²) in [7, 11) is 0. The molecule has 0 fully saturated rings. The lowest BCUT2D eigenvalue weighted by Gasteiger charge is -2.24. The quantitative estimate of drug-likeness (QED) is 0.243. The summed E-state index contributed by atoms with van der Waals surface area (Å²) in [6.07, 6.45) is 4.55. The number of hydrogen-bond acceptors (Lipinski definition) is 4. The van der Waals surface area contributed by atoms with E-state index in [9.17, 15) is 14.4 Å². The van der Waals surface area contributed by atoms with Gasteiger partial charge in [-0.3, -0.25) is 9.59 Å². The molecule has 3 aromatic carbocycles. The maximum Gasteiger partial charge on any atom is 0.409 e. The first-order valence-electron chi connectivity index (χ1n) is 13.1. The van der Waals surface area contributed by atoms with E-state index in [0.717, 1.165) is 32.0 Å². The Kier molecular flexibility index (Phi) is 9.08. The second-order valence-electron chi connectivity index (χ2n) is 9.35. The molecule has 2 amide bonds. The maximum atomic E-state index is 13.2. The van der Waals surface area contributed by atoms with Gasteiger partial charge in [-0.1, -0.05) is 86.8 Å². The molecule has 0 aliphatic heterocycles. The molecule has 37 heavy (non-hydrogen) atoms. The first-order valence-corrected chi connectivity index (χ1v) is 13.1. The van der Waals surface area contributed by atoms with Crippen LogP contribution in [0.15, 0.2) is 72.8 Å². The van der Waals surface area contributed by atoms with Crippen LogP contribution in [0.2, 0.25) is 0 Å². The topological polar surface area (TPSA) is 75.7 Å². The maximum absolute atomic E-state index is 13.2. The summed E-state index contributed by atoms with van der Waals surface area (Å²) in [6.45, 7) is 3.68. The SMILES string of the molecule is CCCCCCN(CCNC(=O)c1ccc(C=O)cc1)C(=O)OCC1c2ccccc2-c2ccccc21. The molecule has 0 saturated heterocycles. The average molecular weight is 499 g/mol. The molecule has 6 heteroatoms. The molecule has 0 unspecified atom stereocenters. The van der Waals surface area contributed by atoms with Crippen LogP contribution in [0.3, 0.4) is 0 Å². The lowest BCUT2D eigenvalue weighted by Crippen LogP contribution is -2.40. The highest BCUT2D eigenvalue weighted by Gasteiger charge is 2.29. The minimum atomic E-state index is -0.358. The van der Waals surface area contributed by atoms with Gasteiger partial charge in [0.25, 0.3) is 5.91 Å². The molecule has 0 radical (unpaired) electrons. The number of nitrogens with zero attached hydrogens (tertiary/aromatic N) is 1. The summed E-state index contributed by atoms with van der Waals surface area (Å²) >= 11 is 0. The molecule has 1 aliphatic carbocycles. The van der Waals surface area contributed by atoms with Gasteiger partial charge in [0.05, 0.1) is 0 Å². The predicted molar refractivity (Wildman–Crippen MR) is 145 cm³/mol. The highest BCUT2D eigenvalue weighted by molar-refractivity contribution is 5.94. The van der Waals surface area contributed by atoms with Crippen molar-refractivity contribution in [1.29, 1.82) is 0 Å². The van der Waals surface area contributed by atoms with Gasteiger partial charge in [0.15, 0.2) is 0 Å². The number of benzene rings is 3. The Morgan fingerprint density at radius 3 is 2.14 bits per heavy atom. The fourth-order valence-electron chi connectivity index (χ4n) is 4.83. The third-order valence-corrected chi connectivity index (χ3v) is 6.85. The average Bonchev–Trinajstić information content (AvgIpc) is 3.26.